The fraction of sp³-hybridized carbons (Fsp3) is 0.400. The van der Waals surface area contributed by atoms with Crippen molar-refractivity contribution in [3.63, 3.8) is 0 Å². The molecule has 0 spiro atoms. The number of rotatable bonds is 10. The van der Waals surface area contributed by atoms with E-state index >= 15 is 0 Å². The lowest BCUT2D eigenvalue weighted by Gasteiger charge is -2.32. The zero-order valence-corrected chi connectivity index (χ0v) is 28.8. The highest BCUT2D eigenvalue weighted by Crippen LogP contribution is 2.41. The van der Waals surface area contributed by atoms with Crippen molar-refractivity contribution in [3.05, 3.63) is 76.9 Å². The van der Waals surface area contributed by atoms with Crippen LogP contribution in [0.3, 0.4) is 0 Å². The van der Waals surface area contributed by atoms with E-state index in [2.05, 4.69) is 16.0 Å². The molecule has 2 aliphatic rings. The molecule has 256 valence electrons. The summed E-state index contributed by atoms with van der Waals surface area (Å²) in [4.78, 5) is 41.4. The van der Waals surface area contributed by atoms with Crippen LogP contribution >= 0.6 is 0 Å². The summed E-state index contributed by atoms with van der Waals surface area (Å²) in [6.07, 6.45) is 0.427. The first-order valence-electron chi connectivity index (χ1n) is 15.8. The third-order valence-electron chi connectivity index (χ3n) is 8.96. The molecule has 3 atom stereocenters. The first kappa shape index (κ1) is 34.6. The summed E-state index contributed by atoms with van der Waals surface area (Å²) in [6.45, 7) is 6.17. The molecule has 13 heteroatoms. The maximum Gasteiger partial charge on any atom is 0.411 e. The summed E-state index contributed by atoms with van der Waals surface area (Å²) < 4.78 is 42.9. The van der Waals surface area contributed by atoms with Crippen molar-refractivity contribution in [1.29, 1.82) is 0 Å². The Morgan fingerprint density at radius 3 is 2.35 bits per heavy atom. The van der Waals surface area contributed by atoms with Gasteiger partial charge in [0.25, 0.3) is 5.91 Å². The van der Waals surface area contributed by atoms with Crippen molar-refractivity contribution in [3.8, 4) is 11.5 Å². The van der Waals surface area contributed by atoms with Crippen molar-refractivity contribution in [2.24, 2.45) is 0 Å². The van der Waals surface area contributed by atoms with Gasteiger partial charge < -0.3 is 29.7 Å². The van der Waals surface area contributed by atoms with E-state index in [0.717, 1.165) is 5.56 Å². The number of hydrogen-bond donors (Lipinski definition) is 3. The fourth-order valence-corrected chi connectivity index (χ4v) is 7.59. The standard InChI is InChI=1S/C35H42N4O8S/c1-20(2)48(43,44)31-14-11-24(38-35(42)47-6)18-27(31)28-8-7-15-39(28)34(41)32(22-9-13-29(45-4)30(16-22)46-5)37-23-10-12-25-21(3)19-36-33(40)26(25)17-23/h9-14,16-18,20-21,28,32,37H,7-8,15,19H2,1-6H3,(H,36,40)(H,38,42)/t21-,28?,32-/m1/s1. The summed E-state index contributed by atoms with van der Waals surface area (Å²) in [5, 5.41) is 8.17. The van der Waals surface area contributed by atoms with E-state index in [1.807, 2.05) is 19.1 Å². The smallest absolute Gasteiger partial charge is 0.411 e. The normalized spacial score (nSPS) is 18.1. The second-order valence-corrected chi connectivity index (χ2v) is 14.7. The largest absolute Gasteiger partial charge is 0.493 e. The molecule has 3 aromatic rings. The molecule has 1 saturated heterocycles. The van der Waals surface area contributed by atoms with Crippen LogP contribution in [-0.2, 0) is 19.4 Å². The van der Waals surface area contributed by atoms with Crippen LogP contribution in [0, 0.1) is 0 Å². The van der Waals surface area contributed by atoms with Crippen LogP contribution in [0.25, 0.3) is 0 Å². The van der Waals surface area contributed by atoms with Gasteiger partial charge in [-0.1, -0.05) is 19.1 Å². The van der Waals surface area contributed by atoms with Crippen LogP contribution in [0.1, 0.15) is 78.7 Å². The highest BCUT2D eigenvalue weighted by molar-refractivity contribution is 7.92. The average Bonchev–Trinajstić information content (AvgIpc) is 3.58. The number of sulfone groups is 1. The number of benzene rings is 3. The number of ether oxygens (including phenoxy) is 3. The molecular formula is C35H42N4O8S. The van der Waals surface area contributed by atoms with Gasteiger partial charge in [0.2, 0.25) is 5.91 Å². The van der Waals surface area contributed by atoms with Crippen molar-refractivity contribution in [2.75, 3.05) is 45.1 Å². The van der Waals surface area contributed by atoms with Crippen molar-refractivity contribution < 1.29 is 37.0 Å². The minimum atomic E-state index is -3.77. The van der Waals surface area contributed by atoms with Gasteiger partial charge in [-0.05, 0) is 91.8 Å². The highest BCUT2D eigenvalue weighted by Gasteiger charge is 2.38. The predicted molar refractivity (Wildman–Crippen MR) is 182 cm³/mol. The summed E-state index contributed by atoms with van der Waals surface area (Å²) in [5.74, 6) is 0.572. The van der Waals surface area contributed by atoms with Crippen molar-refractivity contribution >= 4 is 39.1 Å². The number of likely N-dealkylation sites (tertiary alicyclic amines) is 1. The molecule has 0 radical (unpaired) electrons. The second kappa shape index (κ2) is 14.1. The minimum absolute atomic E-state index is 0.100. The number of methoxy groups -OCH3 is 3. The van der Waals surface area contributed by atoms with E-state index in [-0.39, 0.29) is 22.6 Å². The molecule has 3 amide bonds. The Kier molecular flexibility index (Phi) is 10.2. The number of nitrogens with one attached hydrogen (secondary N) is 3. The minimum Gasteiger partial charge on any atom is -0.493 e. The molecule has 5 rings (SSSR count). The van der Waals surface area contributed by atoms with E-state index in [0.29, 0.717) is 65.5 Å². The fourth-order valence-electron chi connectivity index (χ4n) is 6.30. The lowest BCUT2D eigenvalue weighted by Crippen LogP contribution is -2.38. The van der Waals surface area contributed by atoms with E-state index in [1.165, 1.54) is 33.5 Å². The zero-order valence-electron chi connectivity index (χ0n) is 28.0. The van der Waals surface area contributed by atoms with E-state index in [9.17, 15) is 22.8 Å². The number of carbonyl (C=O) groups is 3. The third-order valence-corrected chi connectivity index (χ3v) is 11.2. The lowest BCUT2D eigenvalue weighted by molar-refractivity contribution is -0.133. The number of nitrogens with zero attached hydrogens (tertiary/aromatic N) is 1. The van der Waals surface area contributed by atoms with Gasteiger partial charge in [-0.3, -0.25) is 14.9 Å². The highest BCUT2D eigenvalue weighted by atomic mass is 32.2. The molecule has 0 aliphatic carbocycles. The number of anilines is 2. The Balaban J connectivity index is 1.59. The van der Waals surface area contributed by atoms with Crippen LogP contribution in [0.4, 0.5) is 16.2 Å². The van der Waals surface area contributed by atoms with Gasteiger partial charge >= 0.3 is 6.09 Å². The molecule has 1 fully saturated rings. The average molecular weight is 679 g/mol. The number of amides is 3. The lowest BCUT2D eigenvalue weighted by atomic mass is 9.91. The molecule has 2 heterocycles. The molecule has 1 unspecified atom stereocenters. The molecule has 3 aromatic carbocycles. The van der Waals surface area contributed by atoms with Crippen LogP contribution in [0.5, 0.6) is 11.5 Å². The van der Waals surface area contributed by atoms with Crippen molar-refractivity contribution in [2.45, 2.75) is 61.8 Å². The topological polar surface area (TPSA) is 152 Å². The number of carbonyl (C=O) groups excluding carboxylic acids is 3. The van der Waals surface area contributed by atoms with Gasteiger partial charge in [-0.15, -0.1) is 0 Å². The van der Waals surface area contributed by atoms with Gasteiger partial charge in [-0.2, -0.15) is 0 Å². The van der Waals surface area contributed by atoms with E-state index in [1.54, 1.807) is 49.1 Å². The van der Waals surface area contributed by atoms with Crippen LogP contribution < -0.4 is 25.4 Å². The predicted octanol–water partition coefficient (Wildman–Crippen LogP) is 5.43. The Hall–Kier alpha value is -4.78. The SMILES string of the molecule is COC(=O)Nc1ccc(S(=O)(=O)C(C)C)c(C2CCCN2C(=O)[C@H](Nc2ccc3c(c2)C(=O)NC[C@H]3C)c2ccc(OC)c(OC)c2)c1. The van der Waals surface area contributed by atoms with Gasteiger partial charge in [0, 0.05) is 30.0 Å². The van der Waals surface area contributed by atoms with E-state index < -0.39 is 33.3 Å². The maximum absolute atomic E-state index is 14.8. The third kappa shape index (κ3) is 6.77. The zero-order chi connectivity index (χ0) is 34.7. The first-order chi connectivity index (χ1) is 22.9. The molecule has 2 aliphatic heterocycles. The molecular weight excluding hydrogens is 636 g/mol. The number of fused-ring (bicyclic) bond motifs is 1. The Morgan fingerprint density at radius 2 is 1.67 bits per heavy atom. The molecule has 12 nitrogen and oxygen atoms in total. The summed E-state index contributed by atoms with van der Waals surface area (Å²) in [5.41, 5.74) is 3.36. The Bertz CT molecular complexity index is 1830. The molecule has 0 aromatic heterocycles. The maximum atomic E-state index is 14.8. The van der Waals surface area contributed by atoms with Crippen LogP contribution in [0.2, 0.25) is 0 Å². The Labute approximate surface area is 281 Å². The Morgan fingerprint density at radius 1 is 0.938 bits per heavy atom. The number of hydrogen-bond acceptors (Lipinski definition) is 9. The van der Waals surface area contributed by atoms with Gasteiger partial charge in [0.15, 0.2) is 21.3 Å². The van der Waals surface area contributed by atoms with Crippen molar-refractivity contribution in [1.82, 2.24) is 10.2 Å². The first-order valence-corrected chi connectivity index (χ1v) is 17.4. The monoisotopic (exact) mass is 678 g/mol. The van der Waals surface area contributed by atoms with Gasteiger partial charge in [0.1, 0.15) is 6.04 Å². The quantitative estimate of drug-likeness (QED) is 0.255. The molecule has 0 saturated carbocycles. The van der Waals surface area contributed by atoms with Crippen LogP contribution in [-0.4, -0.2) is 70.9 Å². The summed E-state index contributed by atoms with van der Waals surface area (Å²) in [6, 6.07) is 13.7. The molecule has 48 heavy (non-hydrogen) atoms. The second-order valence-electron chi connectivity index (χ2n) is 12.3. The van der Waals surface area contributed by atoms with Gasteiger partial charge in [-0.25, -0.2) is 13.2 Å². The molecule has 3 N–H and O–H groups in total. The molecule has 0 bridgehead atoms. The van der Waals surface area contributed by atoms with Gasteiger partial charge in [0.05, 0.1) is 37.5 Å². The summed E-state index contributed by atoms with van der Waals surface area (Å²) in [7, 11) is 0.509. The summed E-state index contributed by atoms with van der Waals surface area (Å²) >= 11 is 0. The van der Waals surface area contributed by atoms with Crippen LogP contribution in [0.15, 0.2) is 59.5 Å². The van der Waals surface area contributed by atoms with E-state index in [4.69, 9.17) is 14.2 Å².